The minimum absolute atomic E-state index is 0.440. The number of ether oxygens (including phenoxy) is 1. The molecule has 0 radical (unpaired) electrons. The summed E-state index contributed by atoms with van der Waals surface area (Å²) < 4.78 is 5.71. The zero-order chi connectivity index (χ0) is 20.1. The van der Waals surface area contributed by atoms with Crippen LogP contribution in [0.15, 0.2) is 48.9 Å². The van der Waals surface area contributed by atoms with Crippen LogP contribution in [-0.2, 0) is 11.2 Å². The van der Waals surface area contributed by atoms with Crippen molar-refractivity contribution in [1.29, 1.82) is 0 Å². The fourth-order valence-electron chi connectivity index (χ4n) is 2.95. The van der Waals surface area contributed by atoms with Gasteiger partial charge in [-0.3, -0.25) is 4.98 Å². The highest BCUT2D eigenvalue weighted by Crippen LogP contribution is 2.30. The zero-order valence-electron chi connectivity index (χ0n) is 16.0. The fraction of sp³-hybridized carbons (Fsp3) is 0.333. The number of hydrogen-bond donors (Lipinski definition) is 4. The van der Waals surface area contributed by atoms with E-state index in [0.717, 1.165) is 28.5 Å². The number of nitrogens with one attached hydrogen (secondary N) is 2. The molecule has 0 aliphatic carbocycles. The quantitative estimate of drug-likeness (QED) is 0.423. The Labute approximate surface area is 163 Å². The van der Waals surface area contributed by atoms with Crippen LogP contribution in [0.1, 0.15) is 31.1 Å². The van der Waals surface area contributed by atoms with Gasteiger partial charge in [0.15, 0.2) is 5.60 Å². The predicted molar refractivity (Wildman–Crippen MR) is 106 cm³/mol. The maximum absolute atomic E-state index is 11.3. The van der Waals surface area contributed by atoms with Crippen molar-refractivity contribution in [2.75, 3.05) is 13.1 Å². The highest BCUT2D eigenvalue weighted by Gasteiger charge is 2.30. The van der Waals surface area contributed by atoms with Crippen molar-refractivity contribution in [1.82, 2.24) is 15.3 Å². The number of carbonyl (C=O) groups is 1. The number of pyridine rings is 1. The smallest absolute Gasteiger partial charge is 0.347 e. The molecule has 3 aromatic rings. The maximum Gasteiger partial charge on any atom is 0.347 e. The molecule has 0 aliphatic heterocycles. The minimum atomic E-state index is -1.32. The van der Waals surface area contributed by atoms with Crippen LogP contribution in [0.2, 0.25) is 0 Å². The fourth-order valence-corrected chi connectivity index (χ4v) is 2.95. The molecular formula is C21H25N3O4. The van der Waals surface area contributed by atoms with Gasteiger partial charge in [0.05, 0.1) is 11.6 Å². The number of para-hydroxylation sites is 1. The van der Waals surface area contributed by atoms with Crippen LogP contribution in [0, 0.1) is 0 Å². The van der Waals surface area contributed by atoms with Crippen molar-refractivity contribution in [2.24, 2.45) is 0 Å². The lowest BCUT2D eigenvalue weighted by Gasteiger charge is -2.21. The second kappa shape index (κ2) is 8.41. The van der Waals surface area contributed by atoms with E-state index in [1.54, 1.807) is 24.5 Å². The average molecular weight is 383 g/mol. The number of fused-ring (bicyclic) bond motifs is 1. The molecule has 0 saturated carbocycles. The number of carboxylic acids is 1. The molecule has 4 N–H and O–H groups in total. The molecule has 0 spiro atoms. The second-order valence-corrected chi connectivity index (χ2v) is 7.17. The van der Waals surface area contributed by atoms with E-state index in [0.29, 0.717) is 18.8 Å². The van der Waals surface area contributed by atoms with E-state index < -0.39 is 17.7 Å². The van der Waals surface area contributed by atoms with E-state index in [-0.39, 0.29) is 0 Å². The summed E-state index contributed by atoms with van der Waals surface area (Å²) in [5, 5.41) is 23.7. The first-order chi connectivity index (χ1) is 13.4. The number of aliphatic hydroxyl groups is 1. The molecule has 0 saturated heterocycles. The topological polar surface area (TPSA) is 107 Å². The van der Waals surface area contributed by atoms with Gasteiger partial charge in [-0.05, 0) is 44.5 Å². The monoisotopic (exact) mass is 383 g/mol. The Morgan fingerprint density at radius 2 is 2.14 bits per heavy atom. The molecule has 3 rings (SSSR count). The molecule has 0 aliphatic rings. The van der Waals surface area contributed by atoms with Gasteiger partial charge in [0.1, 0.15) is 5.75 Å². The SMILES string of the molecule is CC(C)(Oc1cccc2c(CCNC[C@@H](O)c3cccnc3)c[nH]c12)C(=O)O. The molecule has 1 atom stereocenters. The first-order valence-corrected chi connectivity index (χ1v) is 9.18. The standard InChI is InChI=1S/C21H25N3O4/c1-21(2,20(26)27)28-18-7-3-6-16-14(12-24-19(16)18)8-10-23-13-17(25)15-5-4-9-22-11-15/h3-7,9,11-12,17,23-25H,8,10,13H2,1-2H3,(H,26,27)/t17-/m1/s1. The molecule has 7 heteroatoms. The van der Waals surface area contributed by atoms with Gasteiger partial charge in [0.2, 0.25) is 0 Å². The van der Waals surface area contributed by atoms with Crippen LogP contribution in [0.25, 0.3) is 10.9 Å². The molecule has 148 valence electrons. The van der Waals surface area contributed by atoms with Crippen LogP contribution in [0.5, 0.6) is 5.75 Å². The summed E-state index contributed by atoms with van der Waals surface area (Å²) in [4.78, 5) is 18.5. The van der Waals surface area contributed by atoms with Crippen molar-refractivity contribution in [3.63, 3.8) is 0 Å². The molecule has 28 heavy (non-hydrogen) atoms. The molecule has 1 aromatic carbocycles. The van der Waals surface area contributed by atoms with E-state index >= 15 is 0 Å². The summed E-state index contributed by atoms with van der Waals surface area (Å²) >= 11 is 0. The number of aromatic amines is 1. The van der Waals surface area contributed by atoms with Crippen LogP contribution >= 0.6 is 0 Å². The zero-order valence-corrected chi connectivity index (χ0v) is 16.0. The largest absolute Gasteiger partial charge is 0.478 e. The summed E-state index contributed by atoms with van der Waals surface area (Å²) in [5.74, 6) is -0.510. The number of nitrogens with zero attached hydrogens (tertiary/aromatic N) is 1. The first-order valence-electron chi connectivity index (χ1n) is 9.18. The van der Waals surface area contributed by atoms with Gasteiger partial charge in [-0.2, -0.15) is 0 Å². The minimum Gasteiger partial charge on any atom is -0.478 e. The molecule has 2 heterocycles. The van der Waals surface area contributed by atoms with E-state index in [9.17, 15) is 15.0 Å². The van der Waals surface area contributed by atoms with Gasteiger partial charge in [0.25, 0.3) is 0 Å². The van der Waals surface area contributed by atoms with Crippen molar-refractivity contribution < 1.29 is 19.7 Å². The molecule has 0 unspecified atom stereocenters. The van der Waals surface area contributed by atoms with E-state index in [2.05, 4.69) is 15.3 Å². The number of H-pyrrole nitrogens is 1. The van der Waals surface area contributed by atoms with Gasteiger partial charge in [-0.15, -0.1) is 0 Å². The first kappa shape index (κ1) is 19.9. The van der Waals surface area contributed by atoms with E-state index in [4.69, 9.17) is 4.74 Å². The van der Waals surface area contributed by atoms with Gasteiger partial charge < -0.3 is 25.3 Å². The summed E-state index contributed by atoms with van der Waals surface area (Å²) in [6.45, 7) is 4.18. The third kappa shape index (κ3) is 4.49. The Balaban J connectivity index is 1.62. The highest BCUT2D eigenvalue weighted by atomic mass is 16.5. The van der Waals surface area contributed by atoms with Crippen molar-refractivity contribution in [3.05, 3.63) is 60.0 Å². The molecular weight excluding hydrogens is 358 g/mol. The molecule has 0 bridgehead atoms. The van der Waals surface area contributed by atoms with Crippen molar-refractivity contribution >= 4 is 16.9 Å². The Morgan fingerprint density at radius 3 is 2.86 bits per heavy atom. The molecule has 7 nitrogen and oxygen atoms in total. The van der Waals surface area contributed by atoms with E-state index in [1.165, 1.54) is 13.8 Å². The number of benzene rings is 1. The predicted octanol–water partition coefficient (Wildman–Crippen LogP) is 2.67. The van der Waals surface area contributed by atoms with Gasteiger partial charge in [-0.25, -0.2) is 4.79 Å². The third-order valence-electron chi connectivity index (χ3n) is 4.62. The summed E-state index contributed by atoms with van der Waals surface area (Å²) in [7, 11) is 0. The van der Waals surface area contributed by atoms with Gasteiger partial charge >= 0.3 is 5.97 Å². The average Bonchev–Trinajstić information content (AvgIpc) is 3.09. The number of aromatic nitrogens is 2. The number of aliphatic carboxylic acids is 1. The Kier molecular flexibility index (Phi) is 5.96. The normalized spacial score (nSPS) is 12.8. The van der Waals surface area contributed by atoms with Crippen LogP contribution in [0.3, 0.4) is 0 Å². The highest BCUT2D eigenvalue weighted by molar-refractivity contribution is 5.89. The summed E-state index contributed by atoms with van der Waals surface area (Å²) in [5.41, 5.74) is 1.34. The Hall–Kier alpha value is -2.90. The lowest BCUT2D eigenvalue weighted by atomic mass is 10.1. The summed E-state index contributed by atoms with van der Waals surface area (Å²) in [6, 6.07) is 9.24. The molecule has 2 aromatic heterocycles. The molecule has 0 amide bonds. The summed E-state index contributed by atoms with van der Waals surface area (Å²) in [6.07, 6.45) is 5.40. The van der Waals surface area contributed by atoms with Gasteiger partial charge in [-0.1, -0.05) is 18.2 Å². The van der Waals surface area contributed by atoms with Crippen LogP contribution in [-0.4, -0.2) is 44.8 Å². The lowest BCUT2D eigenvalue weighted by molar-refractivity contribution is -0.152. The number of rotatable bonds is 9. The van der Waals surface area contributed by atoms with E-state index in [1.807, 2.05) is 24.4 Å². The van der Waals surface area contributed by atoms with Crippen LogP contribution < -0.4 is 10.1 Å². The second-order valence-electron chi connectivity index (χ2n) is 7.17. The lowest BCUT2D eigenvalue weighted by Crippen LogP contribution is -2.37. The number of carboxylic acid groups (broad SMARTS) is 1. The van der Waals surface area contributed by atoms with Crippen LogP contribution in [0.4, 0.5) is 0 Å². The van der Waals surface area contributed by atoms with Gasteiger partial charge in [0, 0.05) is 36.1 Å². The third-order valence-corrected chi connectivity index (χ3v) is 4.62. The molecule has 0 fully saturated rings. The van der Waals surface area contributed by atoms with Crippen molar-refractivity contribution in [3.8, 4) is 5.75 Å². The number of hydrogen-bond acceptors (Lipinski definition) is 5. The number of aliphatic hydroxyl groups excluding tert-OH is 1. The Morgan fingerprint density at radius 1 is 1.32 bits per heavy atom. The maximum atomic E-state index is 11.3. The van der Waals surface area contributed by atoms with Crippen molar-refractivity contribution in [2.45, 2.75) is 32.0 Å². The Bertz CT molecular complexity index is 937.